The van der Waals surface area contributed by atoms with Crippen LogP contribution in [0.5, 0.6) is 0 Å². The quantitative estimate of drug-likeness (QED) is 0.646. The van der Waals surface area contributed by atoms with E-state index in [1.54, 1.807) is 0 Å². The molecule has 0 fully saturated rings. The van der Waals surface area contributed by atoms with Crippen LogP contribution in [-0.2, 0) is 10.0 Å². The van der Waals surface area contributed by atoms with Crippen LogP contribution in [0.25, 0.3) is 0 Å². The molecule has 90 valence electrons. The van der Waals surface area contributed by atoms with Crippen LogP contribution in [0.2, 0.25) is 0 Å². The minimum Gasteiger partial charge on any atom is -0.392 e. The molecule has 0 radical (unpaired) electrons. The molecule has 1 unspecified atom stereocenters. The number of hydrogen-bond donors (Lipinski definition) is 1. The fourth-order valence-corrected chi connectivity index (χ4v) is 2.42. The van der Waals surface area contributed by atoms with Crippen molar-refractivity contribution < 1.29 is 8.42 Å². The van der Waals surface area contributed by atoms with Crippen LogP contribution < -0.4 is 5.73 Å². The lowest BCUT2D eigenvalue weighted by atomic mass is 10.5. The minimum absolute atomic E-state index is 0.00621. The van der Waals surface area contributed by atoms with E-state index in [2.05, 4.69) is 12.2 Å². The summed E-state index contributed by atoms with van der Waals surface area (Å²) in [6.07, 6.45) is 0. The molecule has 15 heavy (non-hydrogen) atoms. The predicted octanol–water partition coefficient (Wildman–Crippen LogP) is -0.516. The molecular weight excluding hydrogens is 234 g/mol. The molecule has 0 aliphatic rings. The summed E-state index contributed by atoms with van der Waals surface area (Å²) in [4.78, 5) is 1.92. The fourth-order valence-electron chi connectivity index (χ4n) is 0.885. The normalized spacial score (nSPS) is 14.5. The molecule has 0 aliphatic heterocycles. The fraction of sp³-hybridized carbons (Fsp3) is 0.875. The topological polar surface area (TPSA) is 66.6 Å². The Kier molecular flexibility index (Phi) is 5.65. The lowest BCUT2D eigenvalue weighted by Crippen LogP contribution is -2.43. The van der Waals surface area contributed by atoms with E-state index in [1.807, 2.05) is 19.0 Å². The van der Waals surface area contributed by atoms with Crippen LogP contribution in [0.4, 0.5) is 0 Å². The van der Waals surface area contributed by atoms with Gasteiger partial charge in [-0.15, -0.1) is 0 Å². The van der Waals surface area contributed by atoms with E-state index in [4.69, 9.17) is 5.73 Å². The first kappa shape index (κ1) is 14.8. The zero-order valence-electron chi connectivity index (χ0n) is 9.60. The Morgan fingerprint density at radius 2 is 1.80 bits per heavy atom. The third-order valence-electron chi connectivity index (χ3n) is 2.14. The molecule has 0 rings (SSSR count). The van der Waals surface area contributed by atoms with E-state index in [1.165, 1.54) is 18.3 Å². The molecule has 0 saturated heterocycles. The Morgan fingerprint density at radius 3 is 2.13 bits per heavy atom. The third kappa shape index (κ3) is 4.42. The highest BCUT2D eigenvalue weighted by Crippen LogP contribution is 2.06. The van der Waals surface area contributed by atoms with E-state index in [-0.39, 0.29) is 4.99 Å². The molecule has 0 aliphatic carbocycles. The van der Waals surface area contributed by atoms with Crippen molar-refractivity contribution in [3.63, 3.8) is 0 Å². The van der Waals surface area contributed by atoms with Gasteiger partial charge in [0.15, 0.2) is 0 Å². The standard InChI is InChI=1S/C8H19N3O2S2/c1-7(8(9)14)15(12,13)11(4)6-5-10(2)3/h7H,5-6H2,1-4H3,(H2,9,14). The maximum Gasteiger partial charge on any atom is 0.223 e. The van der Waals surface area contributed by atoms with E-state index < -0.39 is 15.3 Å². The molecule has 0 heterocycles. The van der Waals surface area contributed by atoms with Gasteiger partial charge in [0, 0.05) is 20.1 Å². The van der Waals surface area contributed by atoms with Crippen LogP contribution >= 0.6 is 12.2 Å². The van der Waals surface area contributed by atoms with Gasteiger partial charge in [0.2, 0.25) is 10.0 Å². The first-order valence-electron chi connectivity index (χ1n) is 4.58. The molecule has 0 aromatic carbocycles. The molecular formula is C8H19N3O2S2. The summed E-state index contributed by atoms with van der Waals surface area (Å²) in [7, 11) is 1.91. The molecule has 2 N–H and O–H groups in total. The number of nitrogens with zero attached hydrogens (tertiary/aromatic N) is 2. The zero-order chi connectivity index (χ0) is 12.2. The van der Waals surface area contributed by atoms with Gasteiger partial charge in [-0.2, -0.15) is 0 Å². The lowest BCUT2D eigenvalue weighted by Gasteiger charge is -2.22. The van der Waals surface area contributed by atoms with Gasteiger partial charge in [0.1, 0.15) is 5.25 Å². The van der Waals surface area contributed by atoms with Crippen molar-refractivity contribution in [3.05, 3.63) is 0 Å². The number of nitrogens with two attached hydrogens (primary N) is 1. The molecule has 0 spiro atoms. The summed E-state index contributed by atoms with van der Waals surface area (Å²) in [6.45, 7) is 2.60. The highest BCUT2D eigenvalue weighted by Gasteiger charge is 2.27. The van der Waals surface area contributed by atoms with Gasteiger partial charge in [-0.3, -0.25) is 0 Å². The monoisotopic (exact) mass is 253 g/mol. The first-order chi connectivity index (χ1) is 6.69. The third-order valence-corrected chi connectivity index (χ3v) is 4.85. The van der Waals surface area contributed by atoms with Crippen LogP contribution in [-0.4, -0.2) is 62.1 Å². The first-order valence-corrected chi connectivity index (χ1v) is 6.50. The van der Waals surface area contributed by atoms with Crippen LogP contribution in [0.15, 0.2) is 0 Å². The molecule has 5 nitrogen and oxygen atoms in total. The summed E-state index contributed by atoms with van der Waals surface area (Å²) in [5.74, 6) is 0. The summed E-state index contributed by atoms with van der Waals surface area (Å²) >= 11 is 4.68. The van der Waals surface area contributed by atoms with Crippen molar-refractivity contribution in [1.82, 2.24) is 9.21 Å². The van der Waals surface area contributed by atoms with Crippen molar-refractivity contribution in [2.24, 2.45) is 5.73 Å². The Morgan fingerprint density at radius 1 is 1.33 bits per heavy atom. The molecule has 7 heteroatoms. The second-order valence-corrected chi connectivity index (χ2v) is 6.55. The van der Waals surface area contributed by atoms with Gasteiger partial charge >= 0.3 is 0 Å². The van der Waals surface area contributed by atoms with Gasteiger partial charge in [-0.1, -0.05) is 12.2 Å². The van der Waals surface area contributed by atoms with Gasteiger partial charge in [0.05, 0.1) is 4.99 Å². The largest absolute Gasteiger partial charge is 0.392 e. The Bertz CT molecular complexity index is 314. The Balaban J connectivity index is 4.53. The van der Waals surface area contributed by atoms with Gasteiger partial charge in [-0.05, 0) is 21.0 Å². The van der Waals surface area contributed by atoms with Crippen LogP contribution in [0.1, 0.15) is 6.92 Å². The smallest absolute Gasteiger partial charge is 0.223 e. The van der Waals surface area contributed by atoms with Crippen molar-refractivity contribution in [1.29, 1.82) is 0 Å². The lowest BCUT2D eigenvalue weighted by molar-refractivity contribution is 0.358. The number of likely N-dealkylation sites (N-methyl/N-ethyl adjacent to an activating group) is 2. The van der Waals surface area contributed by atoms with E-state index in [9.17, 15) is 8.42 Å². The highest BCUT2D eigenvalue weighted by atomic mass is 32.2. The molecule has 0 amide bonds. The number of thiocarbonyl (C=S) groups is 1. The molecule has 0 aromatic rings. The Hall–Kier alpha value is -0.240. The summed E-state index contributed by atoms with van der Waals surface area (Å²) in [5, 5.41) is -0.806. The van der Waals surface area contributed by atoms with Crippen LogP contribution in [0, 0.1) is 0 Å². The number of rotatable bonds is 6. The molecule has 0 saturated carbocycles. The summed E-state index contributed by atoms with van der Waals surface area (Å²) in [6, 6.07) is 0. The average molecular weight is 253 g/mol. The maximum absolute atomic E-state index is 11.8. The number of sulfonamides is 1. The van der Waals surface area contributed by atoms with Crippen molar-refractivity contribution in [3.8, 4) is 0 Å². The minimum atomic E-state index is -3.39. The highest BCUT2D eigenvalue weighted by molar-refractivity contribution is 7.92. The molecule has 0 aromatic heterocycles. The van der Waals surface area contributed by atoms with Crippen molar-refractivity contribution in [2.45, 2.75) is 12.2 Å². The Labute approximate surface area is 97.3 Å². The van der Waals surface area contributed by atoms with Crippen molar-refractivity contribution >= 4 is 27.2 Å². The maximum atomic E-state index is 11.8. The van der Waals surface area contributed by atoms with Crippen molar-refractivity contribution in [2.75, 3.05) is 34.2 Å². The van der Waals surface area contributed by atoms with E-state index in [0.29, 0.717) is 13.1 Å². The molecule has 1 atom stereocenters. The average Bonchev–Trinajstić information content (AvgIpc) is 2.12. The zero-order valence-corrected chi connectivity index (χ0v) is 11.2. The number of hydrogen-bond acceptors (Lipinski definition) is 4. The molecule has 0 bridgehead atoms. The summed E-state index contributed by atoms with van der Waals surface area (Å²) < 4.78 is 24.9. The predicted molar refractivity (Wildman–Crippen MR) is 66.4 cm³/mol. The second kappa shape index (κ2) is 5.74. The summed E-state index contributed by atoms with van der Waals surface area (Å²) in [5.41, 5.74) is 5.33. The SMILES string of the molecule is CC(C(N)=S)S(=O)(=O)N(C)CCN(C)C. The van der Waals surface area contributed by atoms with Gasteiger partial charge < -0.3 is 10.6 Å². The van der Waals surface area contributed by atoms with Crippen LogP contribution in [0.3, 0.4) is 0 Å². The van der Waals surface area contributed by atoms with Gasteiger partial charge in [0.25, 0.3) is 0 Å². The second-order valence-electron chi connectivity index (χ2n) is 3.71. The van der Waals surface area contributed by atoms with Gasteiger partial charge in [-0.25, -0.2) is 12.7 Å². The van der Waals surface area contributed by atoms with E-state index >= 15 is 0 Å². The van der Waals surface area contributed by atoms with E-state index in [0.717, 1.165) is 0 Å².